The summed E-state index contributed by atoms with van der Waals surface area (Å²) in [4.78, 5) is 11.8. The maximum absolute atomic E-state index is 12.6. The molecular formula is C19H14F3N5O2. The van der Waals surface area contributed by atoms with Gasteiger partial charge in [0.05, 0.1) is 5.69 Å². The molecule has 0 spiro atoms. The summed E-state index contributed by atoms with van der Waals surface area (Å²) in [6, 6.07) is 11.7. The van der Waals surface area contributed by atoms with Crippen LogP contribution in [-0.4, -0.2) is 22.1 Å². The van der Waals surface area contributed by atoms with Crippen molar-refractivity contribution in [2.24, 2.45) is 12.8 Å². The number of alkyl halides is 3. The lowest BCUT2D eigenvalue weighted by Crippen LogP contribution is -2.18. The molecule has 29 heavy (non-hydrogen) atoms. The van der Waals surface area contributed by atoms with E-state index in [1.165, 1.54) is 4.68 Å². The zero-order valence-electron chi connectivity index (χ0n) is 15.0. The highest BCUT2D eigenvalue weighted by Gasteiger charge is 2.32. The van der Waals surface area contributed by atoms with Crippen molar-refractivity contribution in [3.05, 3.63) is 53.6 Å². The first-order valence-electron chi connectivity index (χ1n) is 8.13. The molecule has 1 aromatic heterocycles. The van der Waals surface area contributed by atoms with Crippen LogP contribution in [0.4, 0.5) is 18.9 Å². The Kier molecular flexibility index (Phi) is 4.90. The first-order chi connectivity index (χ1) is 13.6. The molecule has 1 amide bonds. The maximum atomic E-state index is 12.6. The van der Waals surface area contributed by atoms with Gasteiger partial charge in [-0.25, -0.2) is 0 Å². The number of nitrogen functional groups attached to an aromatic ring is 1. The van der Waals surface area contributed by atoms with Crippen molar-refractivity contribution in [3.63, 3.8) is 0 Å². The van der Waals surface area contributed by atoms with Gasteiger partial charge >= 0.3 is 6.36 Å². The largest absolute Gasteiger partial charge is 0.573 e. The summed E-state index contributed by atoms with van der Waals surface area (Å²) in [5.74, 6) is -1.46. The van der Waals surface area contributed by atoms with Crippen LogP contribution in [0.3, 0.4) is 0 Å². The number of halogens is 3. The number of primary amides is 1. The van der Waals surface area contributed by atoms with Crippen LogP contribution in [0.2, 0.25) is 0 Å². The van der Waals surface area contributed by atoms with E-state index in [1.54, 1.807) is 31.3 Å². The molecule has 0 radical (unpaired) electrons. The molecular weight excluding hydrogens is 387 g/mol. The van der Waals surface area contributed by atoms with Crippen LogP contribution < -0.4 is 16.2 Å². The second-order valence-electron chi connectivity index (χ2n) is 6.05. The summed E-state index contributed by atoms with van der Waals surface area (Å²) in [6.07, 6.45) is -4.93. The molecule has 0 saturated carbocycles. The van der Waals surface area contributed by atoms with Gasteiger partial charge in [-0.2, -0.15) is 10.4 Å². The third-order valence-corrected chi connectivity index (χ3v) is 4.09. The number of anilines is 1. The van der Waals surface area contributed by atoms with E-state index in [1.807, 2.05) is 6.07 Å². The lowest BCUT2D eigenvalue weighted by molar-refractivity contribution is -0.274. The third kappa shape index (κ3) is 3.98. The number of amides is 1. The van der Waals surface area contributed by atoms with E-state index < -0.39 is 18.0 Å². The predicted octanol–water partition coefficient (Wildman–Crippen LogP) is 3.21. The molecule has 0 bridgehead atoms. The molecule has 0 fully saturated rings. The van der Waals surface area contributed by atoms with E-state index in [-0.39, 0.29) is 22.4 Å². The number of hydrogen-bond donors (Lipinski definition) is 2. The molecule has 148 valence electrons. The topological polar surface area (TPSA) is 120 Å². The molecule has 4 N–H and O–H groups in total. The highest BCUT2D eigenvalue weighted by atomic mass is 19.4. The quantitative estimate of drug-likeness (QED) is 0.651. The van der Waals surface area contributed by atoms with Crippen molar-refractivity contribution in [1.82, 2.24) is 9.78 Å². The molecule has 0 aliphatic heterocycles. The lowest BCUT2D eigenvalue weighted by Gasteiger charge is -2.11. The molecule has 0 aliphatic rings. The number of ether oxygens (including phenoxy) is 1. The summed E-state index contributed by atoms with van der Waals surface area (Å²) >= 11 is 0. The van der Waals surface area contributed by atoms with Crippen molar-refractivity contribution in [2.45, 2.75) is 6.36 Å². The zero-order valence-corrected chi connectivity index (χ0v) is 15.0. The molecule has 3 rings (SSSR count). The number of nitrogens with zero attached hydrogens (tertiary/aromatic N) is 3. The number of benzene rings is 2. The summed E-state index contributed by atoms with van der Waals surface area (Å²) in [5, 5.41) is 14.0. The monoisotopic (exact) mass is 401 g/mol. The fourth-order valence-corrected chi connectivity index (χ4v) is 2.92. The standard InChI is InChI=1S/C19H14F3N5O2/c1-27-17(10-2-4-11(24)5-3-10)15(9-23)16(26-27)14-8-12(29-19(20,21)22)6-7-13(14)18(25)28/h2-8H,24H2,1H3,(H2,25,28). The highest BCUT2D eigenvalue weighted by Crippen LogP contribution is 2.36. The number of nitriles is 1. The van der Waals surface area contributed by atoms with E-state index in [2.05, 4.69) is 9.84 Å². The van der Waals surface area contributed by atoms with Gasteiger partial charge in [-0.15, -0.1) is 13.2 Å². The normalized spacial score (nSPS) is 11.1. The smallest absolute Gasteiger partial charge is 0.406 e. The van der Waals surface area contributed by atoms with Crippen LogP contribution in [-0.2, 0) is 7.05 Å². The molecule has 7 nitrogen and oxygen atoms in total. The van der Waals surface area contributed by atoms with Gasteiger partial charge < -0.3 is 16.2 Å². The number of nitrogens with two attached hydrogens (primary N) is 2. The first-order valence-corrected chi connectivity index (χ1v) is 8.13. The molecule has 1 heterocycles. The van der Waals surface area contributed by atoms with Crippen LogP contribution in [0.5, 0.6) is 5.75 Å². The van der Waals surface area contributed by atoms with Crippen LogP contribution in [0.15, 0.2) is 42.5 Å². The Bertz CT molecular complexity index is 1130. The zero-order chi connectivity index (χ0) is 21.3. The average molecular weight is 401 g/mol. The number of aryl methyl sites for hydroxylation is 1. The van der Waals surface area contributed by atoms with Gasteiger partial charge in [0, 0.05) is 29.4 Å². The van der Waals surface area contributed by atoms with Crippen molar-refractivity contribution in [1.29, 1.82) is 5.26 Å². The fraction of sp³-hybridized carbons (Fsp3) is 0.105. The summed E-state index contributed by atoms with van der Waals surface area (Å²) in [5.41, 5.74) is 12.5. The van der Waals surface area contributed by atoms with Gasteiger partial charge in [-0.05, 0) is 30.3 Å². The molecule has 0 aliphatic carbocycles. The minimum absolute atomic E-state index is 0.00301. The van der Waals surface area contributed by atoms with Crippen LogP contribution in [0.25, 0.3) is 22.5 Å². The summed E-state index contributed by atoms with van der Waals surface area (Å²) in [6.45, 7) is 0. The van der Waals surface area contributed by atoms with Gasteiger partial charge in [-0.1, -0.05) is 12.1 Å². The van der Waals surface area contributed by atoms with E-state index in [4.69, 9.17) is 11.5 Å². The van der Waals surface area contributed by atoms with Crippen molar-refractivity contribution >= 4 is 11.6 Å². The van der Waals surface area contributed by atoms with Crippen molar-refractivity contribution < 1.29 is 22.7 Å². The van der Waals surface area contributed by atoms with E-state index in [0.29, 0.717) is 16.9 Å². The van der Waals surface area contributed by atoms with Crippen LogP contribution >= 0.6 is 0 Å². The Morgan fingerprint density at radius 2 is 1.86 bits per heavy atom. The molecule has 0 unspecified atom stereocenters. The van der Waals surface area contributed by atoms with Gasteiger partial charge in [0.25, 0.3) is 0 Å². The predicted molar refractivity (Wildman–Crippen MR) is 98.4 cm³/mol. The Labute approximate surface area is 162 Å². The summed E-state index contributed by atoms with van der Waals surface area (Å²) in [7, 11) is 1.57. The number of carbonyl (C=O) groups excluding carboxylic acids is 1. The second kappa shape index (κ2) is 7.20. The second-order valence-corrected chi connectivity index (χ2v) is 6.05. The van der Waals surface area contributed by atoms with Crippen molar-refractivity contribution in [2.75, 3.05) is 5.73 Å². The summed E-state index contributed by atoms with van der Waals surface area (Å²) < 4.78 is 43.1. The van der Waals surface area contributed by atoms with E-state index >= 15 is 0 Å². The highest BCUT2D eigenvalue weighted by molar-refractivity contribution is 6.00. The molecule has 0 atom stereocenters. The first kappa shape index (κ1) is 19.8. The number of rotatable bonds is 4. The van der Waals surface area contributed by atoms with E-state index in [0.717, 1.165) is 18.2 Å². The minimum atomic E-state index is -4.93. The van der Waals surface area contributed by atoms with Gasteiger partial charge in [0.1, 0.15) is 23.1 Å². The van der Waals surface area contributed by atoms with Crippen LogP contribution in [0.1, 0.15) is 15.9 Å². The molecule has 0 saturated heterocycles. The van der Waals surface area contributed by atoms with Gasteiger partial charge in [0.15, 0.2) is 0 Å². The number of aromatic nitrogens is 2. The SMILES string of the molecule is Cn1nc(-c2cc(OC(F)(F)F)ccc2C(N)=O)c(C#N)c1-c1ccc(N)cc1. The Morgan fingerprint density at radius 1 is 1.21 bits per heavy atom. The lowest BCUT2D eigenvalue weighted by atomic mass is 9.98. The van der Waals surface area contributed by atoms with Gasteiger partial charge in [0.2, 0.25) is 5.91 Å². The Balaban J connectivity index is 2.24. The van der Waals surface area contributed by atoms with E-state index in [9.17, 15) is 23.2 Å². The maximum Gasteiger partial charge on any atom is 0.573 e. The van der Waals surface area contributed by atoms with Gasteiger partial charge in [-0.3, -0.25) is 9.48 Å². The Morgan fingerprint density at radius 3 is 2.41 bits per heavy atom. The van der Waals surface area contributed by atoms with Crippen LogP contribution in [0, 0.1) is 11.3 Å². The molecule has 3 aromatic rings. The average Bonchev–Trinajstić information content (AvgIpc) is 2.97. The third-order valence-electron chi connectivity index (χ3n) is 4.09. The number of hydrogen-bond acceptors (Lipinski definition) is 5. The van der Waals surface area contributed by atoms with Crippen molar-refractivity contribution in [3.8, 4) is 34.3 Å². The minimum Gasteiger partial charge on any atom is -0.406 e. The molecule has 2 aromatic carbocycles. The molecule has 10 heteroatoms. The Hall–Kier alpha value is -4.00. The number of carbonyl (C=O) groups is 1. The fourth-order valence-electron chi connectivity index (χ4n) is 2.92.